The van der Waals surface area contributed by atoms with Crippen molar-refractivity contribution in [2.24, 2.45) is 5.73 Å². The smallest absolute Gasteiger partial charge is 0.320 e. The van der Waals surface area contributed by atoms with E-state index in [0.717, 1.165) is 18.7 Å². The summed E-state index contributed by atoms with van der Waals surface area (Å²) >= 11 is 1.60. The number of carbonyl (C=O) groups is 2. The van der Waals surface area contributed by atoms with Crippen molar-refractivity contribution in [1.29, 1.82) is 0 Å². The van der Waals surface area contributed by atoms with Crippen molar-refractivity contribution in [2.75, 3.05) is 25.1 Å². The number of nitrogens with two attached hydrogens (primary N) is 1. The number of carboxylic acids is 2. The van der Waals surface area contributed by atoms with Gasteiger partial charge in [0.2, 0.25) is 0 Å². The third-order valence-corrected chi connectivity index (χ3v) is 2.30. The summed E-state index contributed by atoms with van der Waals surface area (Å²) in [7, 11) is 0. The lowest BCUT2D eigenvalue weighted by Crippen LogP contribution is -2.30. The molecule has 102 valence electrons. The molecule has 0 aromatic rings. The lowest BCUT2D eigenvalue weighted by atomic mass is 10.2. The zero-order chi connectivity index (χ0) is 13.7. The average Bonchev–Trinajstić information content (AvgIpc) is 2.26. The Bertz CT molecular complexity index is 214. The molecule has 1 unspecified atom stereocenters. The summed E-state index contributed by atoms with van der Waals surface area (Å²) in [6.45, 7) is 2.86. The Balaban J connectivity index is 0. The molecule has 17 heavy (non-hydrogen) atoms. The number of thioether (sulfide) groups is 1. The molecule has 0 aromatic heterocycles. The van der Waals surface area contributed by atoms with Crippen LogP contribution in [0.15, 0.2) is 0 Å². The van der Waals surface area contributed by atoms with E-state index in [1.54, 1.807) is 11.8 Å². The van der Waals surface area contributed by atoms with Crippen LogP contribution in [0, 0.1) is 0 Å². The van der Waals surface area contributed by atoms with Crippen molar-refractivity contribution in [3.8, 4) is 0 Å². The zero-order valence-electron chi connectivity index (χ0n) is 10.3. The van der Waals surface area contributed by atoms with E-state index in [-0.39, 0.29) is 6.54 Å². The predicted molar refractivity (Wildman–Crippen MR) is 69.4 cm³/mol. The fourth-order valence-electron chi connectivity index (χ4n) is 0.740. The van der Waals surface area contributed by atoms with E-state index < -0.39 is 18.0 Å². The highest BCUT2D eigenvalue weighted by Crippen LogP contribution is 1.97. The zero-order valence-corrected chi connectivity index (χ0v) is 11.1. The molecule has 0 aliphatic rings. The molecule has 0 amide bonds. The van der Waals surface area contributed by atoms with E-state index in [2.05, 4.69) is 5.32 Å². The predicted octanol–water partition coefficient (Wildman–Crippen LogP) is 0.222. The lowest BCUT2D eigenvalue weighted by molar-refractivity contribution is -0.138. The molecule has 0 fully saturated rings. The van der Waals surface area contributed by atoms with Gasteiger partial charge in [-0.2, -0.15) is 11.8 Å². The SMILES string of the molecule is CCCNCC(=O)O.CSCCC(N)C(=O)O. The Morgan fingerprint density at radius 1 is 1.41 bits per heavy atom. The molecule has 0 saturated heterocycles. The molecule has 0 bridgehead atoms. The second-order valence-corrected chi connectivity index (χ2v) is 4.28. The minimum absolute atomic E-state index is 0.0772. The van der Waals surface area contributed by atoms with E-state index in [1.165, 1.54) is 0 Å². The summed E-state index contributed by atoms with van der Waals surface area (Å²) in [5.41, 5.74) is 5.19. The highest BCUT2D eigenvalue weighted by Gasteiger charge is 2.08. The van der Waals surface area contributed by atoms with Gasteiger partial charge >= 0.3 is 11.9 Å². The molecule has 0 heterocycles. The van der Waals surface area contributed by atoms with Crippen molar-refractivity contribution in [3.63, 3.8) is 0 Å². The van der Waals surface area contributed by atoms with E-state index in [0.29, 0.717) is 6.42 Å². The number of aliphatic carboxylic acids is 2. The van der Waals surface area contributed by atoms with Crippen LogP contribution in [0.3, 0.4) is 0 Å². The number of rotatable bonds is 8. The molecule has 0 spiro atoms. The number of hydrogen-bond donors (Lipinski definition) is 4. The Morgan fingerprint density at radius 2 is 2.00 bits per heavy atom. The van der Waals surface area contributed by atoms with Crippen molar-refractivity contribution >= 4 is 23.7 Å². The molecule has 0 aromatic carbocycles. The molecule has 5 N–H and O–H groups in total. The van der Waals surface area contributed by atoms with Crippen LogP contribution in [0.4, 0.5) is 0 Å². The number of hydrogen-bond acceptors (Lipinski definition) is 5. The molecule has 0 aliphatic heterocycles. The standard InChI is InChI=1S/C5H11NO2S.C5H11NO2/c1-9-3-2-4(6)5(7)8;1-2-3-6-4-5(7)8/h4H,2-3,6H2,1H3,(H,7,8);6H,2-4H2,1H3,(H,7,8). The summed E-state index contributed by atoms with van der Waals surface area (Å²) < 4.78 is 0. The molecule has 1 atom stereocenters. The van der Waals surface area contributed by atoms with Crippen LogP contribution in [0.2, 0.25) is 0 Å². The van der Waals surface area contributed by atoms with Crippen LogP contribution in [0.25, 0.3) is 0 Å². The van der Waals surface area contributed by atoms with E-state index in [1.807, 2.05) is 13.2 Å². The monoisotopic (exact) mass is 266 g/mol. The summed E-state index contributed by atoms with van der Waals surface area (Å²) in [4.78, 5) is 19.9. The first kappa shape index (κ1) is 18.6. The average molecular weight is 266 g/mol. The second kappa shape index (κ2) is 13.3. The van der Waals surface area contributed by atoms with Gasteiger partial charge in [0, 0.05) is 0 Å². The van der Waals surface area contributed by atoms with Gasteiger partial charge in [-0.1, -0.05) is 6.92 Å². The Kier molecular flexibility index (Phi) is 14.5. The van der Waals surface area contributed by atoms with Gasteiger partial charge in [-0.3, -0.25) is 9.59 Å². The topological polar surface area (TPSA) is 113 Å². The normalized spacial score (nSPS) is 11.2. The third kappa shape index (κ3) is 17.8. The minimum atomic E-state index is -0.913. The van der Waals surface area contributed by atoms with E-state index in [9.17, 15) is 9.59 Å². The summed E-state index contributed by atoms with van der Waals surface area (Å²) in [6.07, 6.45) is 3.46. The molecule has 0 aliphatic carbocycles. The van der Waals surface area contributed by atoms with Crippen LogP contribution in [-0.2, 0) is 9.59 Å². The maximum absolute atomic E-state index is 10.1. The van der Waals surface area contributed by atoms with Gasteiger partial charge in [0.05, 0.1) is 6.54 Å². The Morgan fingerprint density at radius 3 is 2.35 bits per heavy atom. The molecular weight excluding hydrogens is 244 g/mol. The van der Waals surface area contributed by atoms with Crippen molar-refractivity contribution in [3.05, 3.63) is 0 Å². The van der Waals surface area contributed by atoms with Gasteiger partial charge < -0.3 is 21.3 Å². The highest BCUT2D eigenvalue weighted by molar-refractivity contribution is 7.98. The first-order valence-electron chi connectivity index (χ1n) is 5.35. The molecule has 6 nitrogen and oxygen atoms in total. The Labute approximate surface area is 106 Å². The molecule has 0 saturated carbocycles. The second-order valence-electron chi connectivity index (χ2n) is 3.30. The van der Waals surface area contributed by atoms with Gasteiger partial charge in [0.25, 0.3) is 0 Å². The van der Waals surface area contributed by atoms with Gasteiger partial charge in [-0.15, -0.1) is 0 Å². The molecule has 0 rings (SSSR count). The van der Waals surface area contributed by atoms with Crippen molar-refractivity contribution in [1.82, 2.24) is 5.32 Å². The third-order valence-electron chi connectivity index (χ3n) is 1.65. The largest absolute Gasteiger partial charge is 0.480 e. The van der Waals surface area contributed by atoms with Crippen LogP contribution in [-0.4, -0.2) is 53.3 Å². The highest BCUT2D eigenvalue weighted by atomic mass is 32.2. The van der Waals surface area contributed by atoms with E-state index in [4.69, 9.17) is 15.9 Å². The molecule has 0 radical (unpaired) electrons. The molecular formula is C10H22N2O4S. The summed E-state index contributed by atoms with van der Waals surface area (Å²) in [5, 5.41) is 19.1. The number of carboxylic acid groups (broad SMARTS) is 2. The van der Waals surface area contributed by atoms with Gasteiger partial charge in [-0.25, -0.2) is 0 Å². The van der Waals surface area contributed by atoms with Crippen molar-refractivity contribution < 1.29 is 19.8 Å². The van der Waals surface area contributed by atoms with Gasteiger partial charge in [0.15, 0.2) is 0 Å². The quantitative estimate of drug-likeness (QED) is 0.465. The molecule has 7 heteroatoms. The summed E-state index contributed by atoms with van der Waals surface area (Å²) in [5.74, 6) is -0.893. The summed E-state index contributed by atoms with van der Waals surface area (Å²) in [6, 6.07) is -0.683. The lowest BCUT2D eigenvalue weighted by Gasteiger charge is -2.02. The fourth-order valence-corrected chi connectivity index (χ4v) is 1.23. The van der Waals surface area contributed by atoms with Crippen LogP contribution in [0.1, 0.15) is 19.8 Å². The number of nitrogens with one attached hydrogen (secondary N) is 1. The Hall–Kier alpha value is -0.790. The van der Waals surface area contributed by atoms with Crippen molar-refractivity contribution in [2.45, 2.75) is 25.8 Å². The van der Waals surface area contributed by atoms with Crippen LogP contribution >= 0.6 is 11.8 Å². The van der Waals surface area contributed by atoms with Crippen LogP contribution in [0.5, 0.6) is 0 Å². The van der Waals surface area contributed by atoms with Crippen LogP contribution < -0.4 is 11.1 Å². The maximum Gasteiger partial charge on any atom is 0.320 e. The first-order valence-corrected chi connectivity index (χ1v) is 6.74. The van der Waals surface area contributed by atoms with E-state index >= 15 is 0 Å². The fraction of sp³-hybridized carbons (Fsp3) is 0.800. The van der Waals surface area contributed by atoms with Gasteiger partial charge in [0.1, 0.15) is 6.04 Å². The first-order chi connectivity index (χ1) is 7.95. The minimum Gasteiger partial charge on any atom is -0.480 e. The van der Waals surface area contributed by atoms with Gasteiger partial charge in [-0.05, 0) is 31.4 Å². The maximum atomic E-state index is 10.1.